The second-order valence-electron chi connectivity index (χ2n) is 10.3. The predicted octanol–water partition coefficient (Wildman–Crippen LogP) is 2.48. The molecule has 0 atom stereocenters. The number of para-hydroxylation sites is 1. The third-order valence-electron chi connectivity index (χ3n) is 7.41. The smallest absolute Gasteiger partial charge is 0.269 e. The first kappa shape index (κ1) is 28.0. The Bertz CT molecular complexity index is 1970. The second kappa shape index (κ2) is 12.4. The number of benzene rings is 2. The lowest BCUT2D eigenvalue weighted by Crippen LogP contribution is -2.48. The van der Waals surface area contributed by atoms with E-state index in [4.69, 9.17) is 5.10 Å². The number of rotatable bonds is 6. The van der Waals surface area contributed by atoms with Crippen LogP contribution in [0.1, 0.15) is 11.1 Å². The van der Waals surface area contributed by atoms with Crippen LogP contribution in [0.5, 0.6) is 0 Å². The van der Waals surface area contributed by atoms with Crippen LogP contribution in [0.4, 0.5) is 0 Å². The summed E-state index contributed by atoms with van der Waals surface area (Å²) in [5.41, 5.74) is 3.67. The maximum Gasteiger partial charge on any atom is 0.269 e. The van der Waals surface area contributed by atoms with Gasteiger partial charge in [-0.2, -0.15) is 10.4 Å². The molecule has 1 aliphatic heterocycles. The molecule has 1 aliphatic rings. The summed E-state index contributed by atoms with van der Waals surface area (Å²) >= 11 is 1.16. The summed E-state index contributed by atoms with van der Waals surface area (Å²) in [7, 11) is 2.01. The van der Waals surface area contributed by atoms with E-state index in [0.717, 1.165) is 46.8 Å². The van der Waals surface area contributed by atoms with E-state index in [1.807, 2.05) is 86.0 Å². The van der Waals surface area contributed by atoms with Gasteiger partial charge in [0.05, 0.1) is 16.8 Å². The molecule has 0 saturated carbocycles. The molecule has 0 aliphatic carbocycles. The number of nitrogens with zero attached hydrogens (tertiary/aromatic N) is 7. The summed E-state index contributed by atoms with van der Waals surface area (Å²) in [6, 6.07) is 25.2. The van der Waals surface area contributed by atoms with Gasteiger partial charge < -0.3 is 9.80 Å². The molecule has 10 heteroatoms. The molecule has 0 spiro atoms. The van der Waals surface area contributed by atoms with Gasteiger partial charge in [0.25, 0.3) is 11.5 Å². The van der Waals surface area contributed by atoms with Crippen molar-refractivity contribution >= 4 is 28.9 Å². The molecule has 1 amide bonds. The average Bonchev–Trinajstić information content (AvgIpc) is 3.60. The van der Waals surface area contributed by atoms with Gasteiger partial charge in [0.1, 0.15) is 16.4 Å². The molecule has 0 unspecified atom stereocenters. The quantitative estimate of drug-likeness (QED) is 0.303. The molecule has 6 rings (SSSR count). The molecular weight excluding hydrogens is 558 g/mol. The van der Waals surface area contributed by atoms with Crippen molar-refractivity contribution in [2.45, 2.75) is 6.54 Å². The van der Waals surface area contributed by atoms with Gasteiger partial charge in [-0.25, -0.2) is 4.68 Å². The molecule has 1 saturated heterocycles. The number of aromatic nitrogens is 4. The summed E-state index contributed by atoms with van der Waals surface area (Å²) in [5, 5.41) is 15.1. The Morgan fingerprint density at radius 2 is 1.72 bits per heavy atom. The number of hydrogen-bond donors (Lipinski definition) is 0. The number of amides is 1. The molecule has 0 N–H and O–H groups in total. The molecule has 1 fully saturated rings. The molecule has 214 valence electrons. The van der Waals surface area contributed by atoms with Crippen molar-refractivity contribution in [3.8, 4) is 23.0 Å². The van der Waals surface area contributed by atoms with Gasteiger partial charge in [0, 0.05) is 55.9 Å². The molecular formula is C33H29N7O2S. The van der Waals surface area contributed by atoms with Crippen LogP contribution in [0.2, 0.25) is 0 Å². The number of thiazole rings is 1. The first-order chi connectivity index (χ1) is 21.0. The zero-order valence-corrected chi connectivity index (χ0v) is 24.4. The lowest BCUT2D eigenvalue weighted by atomic mass is 10.1. The average molecular weight is 588 g/mol. The van der Waals surface area contributed by atoms with Crippen LogP contribution in [0.3, 0.4) is 0 Å². The monoisotopic (exact) mass is 587 g/mol. The first-order valence-corrected chi connectivity index (χ1v) is 14.8. The fourth-order valence-corrected chi connectivity index (χ4v) is 6.13. The van der Waals surface area contributed by atoms with Crippen molar-refractivity contribution in [3.05, 3.63) is 122 Å². The van der Waals surface area contributed by atoms with Gasteiger partial charge in [0.2, 0.25) is 0 Å². The Morgan fingerprint density at radius 3 is 2.40 bits per heavy atom. The van der Waals surface area contributed by atoms with Gasteiger partial charge in [0.15, 0.2) is 5.57 Å². The fourth-order valence-electron chi connectivity index (χ4n) is 5.04. The van der Waals surface area contributed by atoms with E-state index < -0.39 is 0 Å². The third kappa shape index (κ3) is 5.95. The van der Waals surface area contributed by atoms with E-state index >= 15 is 0 Å². The van der Waals surface area contributed by atoms with Crippen molar-refractivity contribution in [2.24, 2.45) is 0 Å². The number of likely N-dealkylation sites (N-methyl/N-ethyl adjacent to an activating group) is 1. The molecule has 9 nitrogen and oxygen atoms in total. The van der Waals surface area contributed by atoms with Crippen LogP contribution in [0.25, 0.3) is 28.6 Å². The maximum absolute atomic E-state index is 14.0. The Hall–Kier alpha value is -5.11. The van der Waals surface area contributed by atoms with Crippen molar-refractivity contribution in [2.75, 3.05) is 33.2 Å². The molecule has 43 heavy (non-hydrogen) atoms. The zero-order valence-electron chi connectivity index (χ0n) is 23.6. The highest BCUT2D eigenvalue weighted by Gasteiger charge is 2.25. The molecule has 0 radical (unpaired) electrons. The van der Waals surface area contributed by atoms with E-state index in [1.165, 1.54) is 0 Å². The number of nitriles is 1. The predicted molar refractivity (Wildman–Crippen MR) is 167 cm³/mol. The van der Waals surface area contributed by atoms with E-state index in [2.05, 4.69) is 16.0 Å². The van der Waals surface area contributed by atoms with Crippen LogP contribution in [-0.4, -0.2) is 68.3 Å². The Kier molecular flexibility index (Phi) is 8.09. The van der Waals surface area contributed by atoms with E-state index in [-0.39, 0.29) is 23.6 Å². The van der Waals surface area contributed by atoms with E-state index in [1.54, 1.807) is 32.6 Å². The standard InChI is InChI=1S/C33H29N7O2S/c1-37-15-17-38(18-16-37)31(41)28(20-34)33-39(22-24-9-4-2-5-10-24)32(42)29(43-33)19-26-23-40(27-12-6-3-7-13-27)36-30(26)25-11-8-14-35-21-25/h2-14,19,21,23H,15-18,22H2,1H3. The lowest BCUT2D eigenvalue weighted by molar-refractivity contribution is -0.126. The van der Waals surface area contributed by atoms with E-state index in [0.29, 0.717) is 28.0 Å². The number of pyridine rings is 1. The minimum absolute atomic E-state index is 0.0188. The summed E-state index contributed by atoms with van der Waals surface area (Å²) in [6.45, 7) is 2.75. The van der Waals surface area contributed by atoms with Crippen molar-refractivity contribution in [1.82, 2.24) is 29.1 Å². The molecule has 3 aromatic heterocycles. The van der Waals surface area contributed by atoms with Crippen molar-refractivity contribution < 1.29 is 4.79 Å². The highest BCUT2D eigenvalue weighted by Crippen LogP contribution is 2.23. The number of carbonyl (C=O) groups excluding carboxylic acids is 1. The fraction of sp³-hybridized carbons (Fsp3) is 0.182. The minimum atomic E-state index is -0.349. The van der Waals surface area contributed by atoms with Crippen LogP contribution < -0.4 is 14.8 Å². The Balaban J connectivity index is 1.55. The lowest BCUT2D eigenvalue weighted by Gasteiger charge is -2.32. The topological polar surface area (TPSA) is 100 Å². The zero-order chi connectivity index (χ0) is 29.8. The van der Waals surface area contributed by atoms with Crippen molar-refractivity contribution in [3.63, 3.8) is 0 Å². The summed E-state index contributed by atoms with van der Waals surface area (Å²) < 4.78 is 4.08. The number of hydrogen-bond acceptors (Lipinski definition) is 7. The largest absolute Gasteiger partial charge is 0.335 e. The molecule has 5 aromatic rings. The normalized spacial score (nSPS) is 14.9. The molecule has 0 bridgehead atoms. The number of piperazine rings is 1. The van der Waals surface area contributed by atoms with Gasteiger partial charge in [-0.1, -0.05) is 48.5 Å². The Labute approximate surface area is 252 Å². The van der Waals surface area contributed by atoms with Gasteiger partial charge in [-0.15, -0.1) is 11.3 Å². The van der Waals surface area contributed by atoms with Gasteiger partial charge >= 0.3 is 0 Å². The summed E-state index contributed by atoms with van der Waals surface area (Å²) in [4.78, 5) is 35.8. The second-order valence-corrected chi connectivity index (χ2v) is 11.4. The summed E-state index contributed by atoms with van der Waals surface area (Å²) in [6.07, 6.45) is 7.11. The highest BCUT2D eigenvalue weighted by atomic mass is 32.1. The van der Waals surface area contributed by atoms with Gasteiger partial charge in [-0.3, -0.25) is 19.1 Å². The minimum Gasteiger partial charge on any atom is -0.335 e. The molecule has 2 aromatic carbocycles. The van der Waals surface area contributed by atoms with Gasteiger partial charge in [-0.05, 0) is 43.0 Å². The van der Waals surface area contributed by atoms with Crippen LogP contribution in [0, 0.1) is 11.3 Å². The Morgan fingerprint density at radius 1 is 1.00 bits per heavy atom. The SMILES string of the molecule is CN1CCN(C(=O)C(C#N)=c2sc(=Cc3cn(-c4ccccc4)nc3-c3cccnc3)c(=O)n2Cc2ccccc2)CC1. The highest BCUT2D eigenvalue weighted by molar-refractivity contribution is 7.07. The third-order valence-corrected chi connectivity index (χ3v) is 8.54. The summed E-state index contributed by atoms with van der Waals surface area (Å²) in [5.74, 6) is -0.349. The molecule has 4 heterocycles. The van der Waals surface area contributed by atoms with Crippen LogP contribution >= 0.6 is 11.3 Å². The number of carbonyl (C=O) groups is 1. The van der Waals surface area contributed by atoms with Crippen LogP contribution in [0.15, 0.2) is 96.2 Å². The van der Waals surface area contributed by atoms with Crippen molar-refractivity contribution in [1.29, 1.82) is 5.26 Å². The van der Waals surface area contributed by atoms with Crippen LogP contribution in [-0.2, 0) is 11.3 Å². The maximum atomic E-state index is 14.0. The van der Waals surface area contributed by atoms with E-state index in [9.17, 15) is 14.9 Å². The first-order valence-electron chi connectivity index (χ1n) is 13.9.